The summed E-state index contributed by atoms with van der Waals surface area (Å²) in [6.07, 6.45) is 5.52. The van der Waals surface area contributed by atoms with E-state index in [-0.39, 0.29) is 0 Å². The van der Waals surface area contributed by atoms with Crippen molar-refractivity contribution >= 4 is 5.91 Å². The summed E-state index contributed by atoms with van der Waals surface area (Å²) < 4.78 is 5.31. The molecule has 0 aliphatic carbocycles. The van der Waals surface area contributed by atoms with Gasteiger partial charge in [-0.05, 0) is 50.0 Å². The third-order valence-corrected chi connectivity index (χ3v) is 5.44. The van der Waals surface area contributed by atoms with Gasteiger partial charge in [0.15, 0.2) is 0 Å². The molecular formula is C18H34N2O2. The first kappa shape index (κ1) is 17.7. The smallest absolute Gasteiger partial charge is 0.222 e. The van der Waals surface area contributed by atoms with E-state index in [0.29, 0.717) is 43.4 Å². The number of rotatable bonds is 6. The van der Waals surface area contributed by atoms with E-state index in [1.54, 1.807) is 0 Å². The van der Waals surface area contributed by atoms with Gasteiger partial charge in [-0.1, -0.05) is 20.8 Å². The molecule has 4 heteroatoms. The van der Waals surface area contributed by atoms with Crippen LogP contribution in [-0.2, 0) is 9.53 Å². The minimum absolute atomic E-state index is 0.315. The number of piperidine rings is 1. The summed E-state index contributed by atoms with van der Waals surface area (Å²) in [5.74, 6) is 2.44. The van der Waals surface area contributed by atoms with Crippen LogP contribution in [0.3, 0.4) is 0 Å². The zero-order valence-electron chi connectivity index (χ0n) is 14.6. The van der Waals surface area contributed by atoms with Crippen LogP contribution >= 0.6 is 0 Å². The molecule has 0 aromatic heterocycles. The van der Waals surface area contributed by atoms with Crippen LogP contribution in [0.1, 0.15) is 52.9 Å². The molecule has 0 spiro atoms. The molecule has 0 radical (unpaired) electrons. The molecule has 128 valence electrons. The number of carbonyl (C=O) groups is 1. The molecule has 2 heterocycles. The van der Waals surface area contributed by atoms with Gasteiger partial charge in [-0.2, -0.15) is 0 Å². The Morgan fingerprint density at radius 3 is 2.68 bits per heavy atom. The standard InChI is InChI=1S/C18H34N2O2/c1-14(2)16(18-15(3)6-5-9-19-18)7-4-8-17(21)20-10-12-22-13-11-20/h14-16,18-19H,4-13H2,1-3H3. The van der Waals surface area contributed by atoms with E-state index in [0.717, 1.165) is 38.4 Å². The van der Waals surface area contributed by atoms with Gasteiger partial charge in [-0.15, -0.1) is 0 Å². The van der Waals surface area contributed by atoms with Crippen LogP contribution in [0.15, 0.2) is 0 Å². The molecular weight excluding hydrogens is 276 g/mol. The highest BCUT2D eigenvalue weighted by atomic mass is 16.5. The molecule has 3 unspecified atom stereocenters. The summed E-state index contributed by atoms with van der Waals surface area (Å²) in [5, 5.41) is 3.74. The van der Waals surface area contributed by atoms with Gasteiger partial charge >= 0.3 is 0 Å². The van der Waals surface area contributed by atoms with Crippen molar-refractivity contribution in [3.63, 3.8) is 0 Å². The molecule has 2 saturated heterocycles. The quantitative estimate of drug-likeness (QED) is 0.820. The Morgan fingerprint density at radius 1 is 1.32 bits per heavy atom. The van der Waals surface area contributed by atoms with Gasteiger partial charge in [-0.3, -0.25) is 4.79 Å². The molecule has 0 saturated carbocycles. The van der Waals surface area contributed by atoms with Gasteiger partial charge in [0.05, 0.1) is 13.2 Å². The summed E-state index contributed by atoms with van der Waals surface area (Å²) in [5.41, 5.74) is 0. The van der Waals surface area contributed by atoms with Crippen LogP contribution in [0.25, 0.3) is 0 Å². The number of hydrogen-bond donors (Lipinski definition) is 1. The van der Waals surface area contributed by atoms with Crippen molar-refractivity contribution in [3.8, 4) is 0 Å². The maximum atomic E-state index is 12.2. The highest BCUT2D eigenvalue weighted by molar-refractivity contribution is 5.76. The second-order valence-electron chi connectivity index (χ2n) is 7.39. The van der Waals surface area contributed by atoms with E-state index in [4.69, 9.17) is 4.74 Å². The molecule has 2 aliphatic heterocycles. The Kier molecular flexibility index (Phi) is 7.16. The van der Waals surface area contributed by atoms with E-state index in [1.807, 2.05) is 4.90 Å². The Hall–Kier alpha value is -0.610. The zero-order valence-corrected chi connectivity index (χ0v) is 14.6. The first-order valence-corrected chi connectivity index (χ1v) is 9.18. The fraction of sp³-hybridized carbons (Fsp3) is 0.944. The lowest BCUT2D eigenvalue weighted by Gasteiger charge is -2.38. The molecule has 3 atom stereocenters. The number of morpholine rings is 1. The first-order valence-electron chi connectivity index (χ1n) is 9.18. The van der Waals surface area contributed by atoms with E-state index in [2.05, 4.69) is 26.1 Å². The van der Waals surface area contributed by atoms with Crippen LogP contribution in [-0.4, -0.2) is 49.7 Å². The zero-order chi connectivity index (χ0) is 15.9. The molecule has 22 heavy (non-hydrogen) atoms. The van der Waals surface area contributed by atoms with E-state index in [1.165, 1.54) is 12.8 Å². The Morgan fingerprint density at radius 2 is 2.05 bits per heavy atom. The van der Waals surface area contributed by atoms with Crippen molar-refractivity contribution in [1.82, 2.24) is 10.2 Å². The van der Waals surface area contributed by atoms with Gasteiger partial charge in [0.25, 0.3) is 0 Å². The van der Waals surface area contributed by atoms with Crippen LogP contribution in [0.5, 0.6) is 0 Å². The Labute approximate surface area is 136 Å². The lowest BCUT2D eigenvalue weighted by Crippen LogP contribution is -2.47. The summed E-state index contributed by atoms with van der Waals surface area (Å²) in [6.45, 7) is 11.1. The largest absolute Gasteiger partial charge is 0.378 e. The monoisotopic (exact) mass is 310 g/mol. The number of nitrogens with zero attached hydrogens (tertiary/aromatic N) is 1. The fourth-order valence-corrected chi connectivity index (χ4v) is 4.03. The predicted octanol–water partition coefficient (Wildman–Crippen LogP) is 2.68. The van der Waals surface area contributed by atoms with Crippen LogP contribution < -0.4 is 5.32 Å². The van der Waals surface area contributed by atoms with Crippen molar-refractivity contribution in [2.24, 2.45) is 17.8 Å². The number of nitrogens with one attached hydrogen (secondary N) is 1. The van der Waals surface area contributed by atoms with Gasteiger partial charge < -0.3 is 15.0 Å². The average Bonchev–Trinajstić information content (AvgIpc) is 2.53. The van der Waals surface area contributed by atoms with Gasteiger partial charge in [0.1, 0.15) is 0 Å². The summed E-state index contributed by atoms with van der Waals surface area (Å²) >= 11 is 0. The van der Waals surface area contributed by atoms with E-state index in [9.17, 15) is 4.79 Å². The van der Waals surface area contributed by atoms with Crippen molar-refractivity contribution in [2.75, 3.05) is 32.8 Å². The number of carbonyl (C=O) groups excluding carboxylic acids is 1. The molecule has 2 aliphatic rings. The van der Waals surface area contributed by atoms with Gasteiger partial charge in [-0.25, -0.2) is 0 Å². The third kappa shape index (κ3) is 4.95. The summed E-state index contributed by atoms with van der Waals surface area (Å²) in [7, 11) is 0. The normalized spacial score (nSPS) is 27.9. The second kappa shape index (κ2) is 8.88. The highest BCUT2D eigenvalue weighted by Crippen LogP contribution is 2.30. The predicted molar refractivity (Wildman–Crippen MR) is 89.8 cm³/mol. The van der Waals surface area contributed by atoms with Gasteiger partial charge in [0.2, 0.25) is 5.91 Å². The van der Waals surface area contributed by atoms with Crippen LogP contribution in [0.2, 0.25) is 0 Å². The lowest BCUT2D eigenvalue weighted by molar-refractivity contribution is -0.135. The molecule has 2 rings (SSSR count). The minimum atomic E-state index is 0.315. The molecule has 2 fully saturated rings. The lowest BCUT2D eigenvalue weighted by atomic mass is 9.76. The fourth-order valence-electron chi connectivity index (χ4n) is 4.03. The first-order chi connectivity index (χ1) is 10.6. The molecule has 0 aromatic rings. The minimum Gasteiger partial charge on any atom is -0.378 e. The molecule has 1 amide bonds. The second-order valence-corrected chi connectivity index (χ2v) is 7.39. The summed E-state index contributed by atoms with van der Waals surface area (Å²) in [6, 6.07) is 0.632. The topological polar surface area (TPSA) is 41.6 Å². The maximum absolute atomic E-state index is 12.2. The Balaban J connectivity index is 1.77. The van der Waals surface area contributed by atoms with Gasteiger partial charge in [0, 0.05) is 25.6 Å². The Bertz CT molecular complexity index is 340. The van der Waals surface area contributed by atoms with Crippen molar-refractivity contribution < 1.29 is 9.53 Å². The number of hydrogen-bond acceptors (Lipinski definition) is 3. The SMILES string of the molecule is CC(C)C(CCCC(=O)N1CCOCC1)C1NCCCC1C. The van der Waals surface area contributed by atoms with Crippen molar-refractivity contribution in [2.45, 2.75) is 58.9 Å². The molecule has 0 bridgehead atoms. The van der Waals surface area contributed by atoms with Crippen LogP contribution in [0, 0.1) is 17.8 Å². The maximum Gasteiger partial charge on any atom is 0.222 e. The highest BCUT2D eigenvalue weighted by Gasteiger charge is 2.30. The molecule has 0 aromatic carbocycles. The average molecular weight is 310 g/mol. The third-order valence-electron chi connectivity index (χ3n) is 5.44. The molecule has 4 nitrogen and oxygen atoms in total. The van der Waals surface area contributed by atoms with Crippen LogP contribution in [0.4, 0.5) is 0 Å². The van der Waals surface area contributed by atoms with Crippen molar-refractivity contribution in [1.29, 1.82) is 0 Å². The van der Waals surface area contributed by atoms with Crippen molar-refractivity contribution in [3.05, 3.63) is 0 Å². The number of amides is 1. The van der Waals surface area contributed by atoms with E-state index >= 15 is 0 Å². The molecule has 1 N–H and O–H groups in total. The number of ether oxygens (including phenoxy) is 1. The summed E-state index contributed by atoms with van der Waals surface area (Å²) in [4.78, 5) is 14.2. The van der Waals surface area contributed by atoms with E-state index < -0.39 is 0 Å².